The number of rotatable bonds is 6. The molecule has 0 radical (unpaired) electrons. The Morgan fingerprint density at radius 2 is 2.00 bits per heavy atom. The van der Waals surface area contributed by atoms with Gasteiger partial charge in [0.1, 0.15) is 17.3 Å². The Morgan fingerprint density at radius 3 is 2.62 bits per heavy atom. The number of aliphatic hydroxyl groups excluding tert-OH is 1. The summed E-state index contributed by atoms with van der Waals surface area (Å²) in [6, 6.07) is 2.60. The molecule has 21 heavy (non-hydrogen) atoms. The van der Waals surface area contributed by atoms with Gasteiger partial charge in [0.05, 0.1) is 12.6 Å². The van der Waals surface area contributed by atoms with Gasteiger partial charge in [-0.1, -0.05) is 6.92 Å². The molecule has 1 unspecified atom stereocenters. The third kappa shape index (κ3) is 3.92. The monoisotopic (exact) mass is 298 g/mol. The Kier molecular flexibility index (Phi) is 5.94. The number of benzene rings is 1. The van der Waals surface area contributed by atoms with E-state index in [1.807, 2.05) is 6.92 Å². The number of aliphatic hydroxyl groups is 1. The van der Waals surface area contributed by atoms with Gasteiger partial charge in [0.25, 0.3) is 0 Å². The molecule has 1 aliphatic rings. The van der Waals surface area contributed by atoms with E-state index >= 15 is 0 Å². The number of nitrogens with zero attached hydrogens (tertiary/aromatic N) is 1. The number of hydrogen-bond acceptors (Lipinski definition) is 3. The van der Waals surface area contributed by atoms with Crippen molar-refractivity contribution in [2.75, 3.05) is 24.6 Å². The Hall–Kier alpha value is -1.20. The summed E-state index contributed by atoms with van der Waals surface area (Å²) in [7, 11) is 0. The van der Waals surface area contributed by atoms with Crippen molar-refractivity contribution in [1.29, 1.82) is 0 Å². The zero-order valence-electron chi connectivity index (χ0n) is 12.5. The maximum atomic E-state index is 14.3. The second kappa shape index (κ2) is 7.71. The van der Waals surface area contributed by atoms with Crippen LogP contribution in [-0.4, -0.2) is 30.8 Å². The van der Waals surface area contributed by atoms with E-state index < -0.39 is 11.6 Å². The smallest absolute Gasteiger partial charge is 0.149 e. The first-order valence-electron chi connectivity index (χ1n) is 7.73. The maximum Gasteiger partial charge on any atom is 0.149 e. The predicted octanol–water partition coefficient (Wildman–Crippen LogP) is 2.82. The third-order valence-corrected chi connectivity index (χ3v) is 3.96. The van der Waals surface area contributed by atoms with Crippen LogP contribution in [0.3, 0.4) is 0 Å². The molecule has 0 spiro atoms. The van der Waals surface area contributed by atoms with Crippen molar-refractivity contribution in [2.45, 2.75) is 45.2 Å². The van der Waals surface area contributed by atoms with Crippen LogP contribution < -0.4 is 10.2 Å². The van der Waals surface area contributed by atoms with Crippen molar-refractivity contribution in [2.24, 2.45) is 0 Å². The van der Waals surface area contributed by atoms with Gasteiger partial charge in [-0.2, -0.15) is 0 Å². The van der Waals surface area contributed by atoms with E-state index in [0.29, 0.717) is 18.7 Å². The molecule has 0 aliphatic carbocycles. The molecule has 5 heteroatoms. The molecule has 118 valence electrons. The van der Waals surface area contributed by atoms with E-state index in [1.165, 1.54) is 12.1 Å². The first-order valence-corrected chi connectivity index (χ1v) is 7.73. The molecule has 0 aromatic heterocycles. The molecule has 1 aliphatic heterocycles. The van der Waals surface area contributed by atoms with Crippen molar-refractivity contribution in [1.82, 2.24) is 5.32 Å². The highest BCUT2D eigenvalue weighted by Gasteiger charge is 2.27. The van der Waals surface area contributed by atoms with Crippen molar-refractivity contribution in [3.8, 4) is 0 Å². The van der Waals surface area contributed by atoms with Crippen molar-refractivity contribution >= 4 is 5.69 Å². The van der Waals surface area contributed by atoms with Crippen LogP contribution in [0.2, 0.25) is 0 Å². The van der Waals surface area contributed by atoms with Crippen molar-refractivity contribution in [3.05, 3.63) is 29.3 Å². The second-order valence-electron chi connectivity index (χ2n) is 5.61. The van der Waals surface area contributed by atoms with Gasteiger partial charge in [-0.15, -0.1) is 0 Å². The van der Waals surface area contributed by atoms with Crippen LogP contribution in [0.4, 0.5) is 14.5 Å². The van der Waals surface area contributed by atoms with E-state index in [2.05, 4.69) is 5.32 Å². The highest BCUT2D eigenvalue weighted by atomic mass is 19.1. The predicted molar refractivity (Wildman–Crippen MR) is 80.4 cm³/mol. The Labute approximate surface area is 125 Å². The zero-order chi connectivity index (χ0) is 15.2. The summed E-state index contributed by atoms with van der Waals surface area (Å²) >= 11 is 0. The van der Waals surface area contributed by atoms with Crippen molar-refractivity contribution < 1.29 is 13.9 Å². The molecule has 0 saturated carbocycles. The molecular weight excluding hydrogens is 274 g/mol. The molecule has 1 atom stereocenters. The van der Waals surface area contributed by atoms with E-state index in [1.54, 1.807) is 4.90 Å². The summed E-state index contributed by atoms with van der Waals surface area (Å²) in [6.45, 7) is 3.85. The molecule has 1 heterocycles. The standard InChI is InChI=1S/C16H24F2N2O/c1-2-6-19-10-12-8-14(17)16(15(18)9-12)20-7-4-3-5-13(20)11-21/h8-9,13,19,21H,2-7,10-11H2,1H3. The molecule has 0 bridgehead atoms. The van der Waals surface area contributed by atoms with Gasteiger partial charge < -0.3 is 15.3 Å². The Bertz CT molecular complexity index is 445. The minimum atomic E-state index is -0.538. The lowest BCUT2D eigenvalue weighted by Crippen LogP contribution is -2.43. The normalized spacial score (nSPS) is 19.0. The topological polar surface area (TPSA) is 35.5 Å². The lowest BCUT2D eigenvalue weighted by Gasteiger charge is -2.36. The van der Waals surface area contributed by atoms with Crippen LogP contribution in [-0.2, 0) is 6.54 Å². The van der Waals surface area contributed by atoms with Gasteiger partial charge >= 0.3 is 0 Å². The first kappa shape index (κ1) is 16.2. The van der Waals surface area contributed by atoms with Gasteiger partial charge in [-0.05, 0) is 49.9 Å². The number of piperidine rings is 1. The second-order valence-corrected chi connectivity index (χ2v) is 5.61. The first-order chi connectivity index (χ1) is 10.2. The van der Waals surface area contributed by atoms with Crippen LogP contribution in [0.5, 0.6) is 0 Å². The Balaban J connectivity index is 2.19. The largest absolute Gasteiger partial charge is 0.394 e. The van der Waals surface area contributed by atoms with Gasteiger partial charge in [0, 0.05) is 13.1 Å². The molecule has 1 saturated heterocycles. The molecule has 3 nitrogen and oxygen atoms in total. The van der Waals surface area contributed by atoms with Crippen LogP contribution in [0.25, 0.3) is 0 Å². The third-order valence-electron chi connectivity index (χ3n) is 3.96. The summed E-state index contributed by atoms with van der Waals surface area (Å²) in [5, 5.41) is 12.5. The fourth-order valence-electron chi connectivity index (χ4n) is 2.89. The number of anilines is 1. The van der Waals surface area contributed by atoms with Crippen LogP contribution in [0, 0.1) is 11.6 Å². The summed E-state index contributed by atoms with van der Waals surface area (Å²) in [4.78, 5) is 1.68. The average molecular weight is 298 g/mol. The van der Waals surface area contributed by atoms with E-state index in [0.717, 1.165) is 32.2 Å². The summed E-state index contributed by atoms with van der Waals surface area (Å²) in [6.07, 6.45) is 3.64. The van der Waals surface area contributed by atoms with Crippen LogP contribution >= 0.6 is 0 Å². The fraction of sp³-hybridized carbons (Fsp3) is 0.625. The van der Waals surface area contributed by atoms with Crippen molar-refractivity contribution in [3.63, 3.8) is 0 Å². The van der Waals surface area contributed by atoms with E-state index in [4.69, 9.17) is 0 Å². The number of hydrogen-bond donors (Lipinski definition) is 2. The highest BCUT2D eigenvalue weighted by molar-refractivity contribution is 5.52. The van der Waals surface area contributed by atoms with E-state index in [-0.39, 0.29) is 18.3 Å². The van der Waals surface area contributed by atoms with Gasteiger partial charge in [0.15, 0.2) is 0 Å². The number of halogens is 2. The van der Waals surface area contributed by atoms with Gasteiger partial charge in [-0.3, -0.25) is 0 Å². The average Bonchev–Trinajstić information content (AvgIpc) is 2.47. The fourth-order valence-corrected chi connectivity index (χ4v) is 2.89. The minimum absolute atomic E-state index is 0.00740. The molecule has 1 fully saturated rings. The molecule has 2 N–H and O–H groups in total. The van der Waals surface area contributed by atoms with Crippen LogP contribution in [0.1, 0.15) is 38.2 Å². The van der Waals surface area contributed by atoms with E-state index in [9.17, 15) is 13.9 Å². The lowest BCUT2D eigenvalue weighted by atomic mass is 10.0. The summed E-state index contributed by atoms with van der Waals surface area (Å²) in [5.74, 6) is -1.08. The SMILES string of the molecule is CCCNCc1cc(F)c(N2CCCCC2CO)c(F)c1. The maximum absolute atomic E-state index is 14.3. The Morgan fingerprint density at radius 1 is 1.29 bits per heavy atom. The molecule has 2 rings (SSSR count). The minimum Gasteiger partial charge on any atom is -0.394 e. The molecule has 0 amide bonds. The molecule has 1 aromatic carbocycles. The quantitative estimate of drug-likeness (QED) is 0.793. The summed E-state index contributed by atoms with van der Waals surface area (Å²) in [5.41, 5.74) is 0.618. The number of nitrogens with one attached hydrogen (secondary N) is 1. The molecule has 1 aromatic rings. The lowest BCUT2D eigenvalue weighted by molar-refractivity contribution is 0.238. The van der Waals surface area contributed by atoms with Crippen LogP contribution in [0.15, 0.2) is 12.1 Å². The molecular formula is C16H24F2N2O. The van der Waals surface area contributed by atoms with Gasteiger partial charge in [-0.25, -0.2) is 8.78 Å². The van der Waals surface area contributed by atoms with Gasteiger partial charge in [0.2, 0.25) is 0 Å². The summed E-state index contributed by atoms with van der Waals surface area (Å²) < 4.78 is 28.6. The zero-order valence-corrected chi connectivity index (χ0v) is 12.5. The highest BCUT2D eigenvalue weighted by Crippen LogP contribution is 2.30.